The predicted octanol–water partition coefficient (Wildman–Crippen LogP) is 3.80. The summed E-state index contributed by atoms with van der Waals surface area (Å²) < 4.78 is 11.5. The summed E-state index contributed by atoms with van der Waals surface area (Å²) in [6.07, 6.45) is 2.53. The second-order valence-electron chi connectivity index (χ2n) is 6.42. The molecule has 27 heavy (non-hydrogen) atoms. The summed E-state index contributed by atoms with van der Waals surface area (Å²) in [5.41, 5.74) is 0.779. The van der Waals surface area contributed by atoms with Gasteiger partial charge in [0.15, 0.2) is 11.5 Å². The topological polar surface area (TPSA) is 76.1 Å². The van der Waals surface area contributed by atoms with Crippen LogP contribution in [-0.4, -0.2) is 46.5 Å². The van der Waals surface area contributed by atoms with Crippen LogP contribution in [0.4, 0.5) is 0 Å². The summed E-state index contributed by atoms with van der Waals surface area (Å²) in [5, 5.41) is 8.79. The van der Waals surface area contributed by atoms with Gasteiger partial charge < -0.3 is 14.6 Å². The molecular weight excluding hydrogens is 386 g/mol. The third-order valence-electron chi connectivity index (χ3n) is 3.86. The van der Waals surface area contributed by atoms with Crippen LogP contribution in [0.15, 0.2) is 23.1 Å². The number of amides is 1. The number of benzene rings is 1. The van der Waals surface area contributed by atoms with Crippen molar-refractivity contribution in [2.24, 2.45) is 5.92 Å². The Hall–Kier alpha value is -2.06. The van der Waals surface area contributed by atoms with Crippen LogP contribution in [0, 0.1) is 5.92 Å². The van der Waals surface area contributed by atoms with E-state index in [9.17, 15) is 9.59 Å². The van der Waals surface area contributed by atoms with Crippen LogP contribution in [0.3, 0.4) is 0 Å². The number of thiocarbonyl (C=S) groups is 1. The van der Waals surface area contributed by atoms with E-state index in [0.717, 1.165) is 12.0 Å². The van der Waals surface area contributed by atoms with Gasteiger partial charge in [0.25, 0.3) is 5.91 Å². The number of methoxy groups -OCH3 is 1. The molecule has 1 aliphatic heterocycles. The molecule has 0 aromatic heterocycles. The van der Waals surface area contributed by atoms with Crippen LogP contribution in [0.1, 0.15) is 32.3 Å². The first-order valence-electron chi connectivity index (χ1n) is 8.59. The minimum Gasteiger partial charge on any atom is -0.493 e. The highest BCUT2D eigenvalue weighted by atomic mass is 32.2. The number of hydrogen-bond donors (Lipinski definition) is 1. The van der Waals surface area contributed by atoms with Crippen molar-refractivity contribution in [3.63, 3.8) is 0 Å². The van der Waals surface area contributed by atoms with E-state index in [1.807, 2.05) is 12.1 Å². The first-order valence-corrected chi connectivity index (χ1v) is 9.82. The first-order chi connectivity index (χ1) is 12.8. The third kappa shape index (κ3) is 5.97. The molecule has 2 rings (SSSR count). The van der Waals surface area contributed by atoms with Gasteiger partial charge in [0.2, 0.25) is 0 Å². The van der Waals surface area contributed by atoms with Crippen LogP contribution < -0.4 is 9.47 Å². The lowest BCUT2D eigenvalue weighted by molar-refractivity contribution is -0.137. The SMILES string of the molecule is COc1cc(/C=C2/SC(=S)N(CCC(=O)O)C2=O)ccc1OCCC(C)C. The molecule has 0 spiro atoms. The maximum Gasteiger partial charge on any atom is 0.305 e. The summed E-state index contributed by atoms with van der Waals surface area (Å²) in [6, 6.07) is 5.46. The number of aliphatic carboxylic acids is 1. The van der Waals surface area contributed by atoms with Gasteiger partial charge in [-0.3, -0.25) is 14.5 Å². The van der Waals surface area contributed by atoms with Gasteiger partial charge >= 0.3 is 5.97 Å². The minimum absolute atomic E-state index is 0.0727. The minimum atomic E-state index is -0.967. The molecule has 0 bridgehead atoms. The number of carboxylic acids is 1. The standard InChI is InChI=1S/C19H23NO5S2/c1-12(2)7-9-25-14-5-4-13(10-15(14)24-3)11-16-18(23)20(19(26)27-16)8-6-17(21)22/h4-5,10-12H,6-9H2,1-3H3,(H,21,22)/b16-11+. The lowest BCUT2D eigenvalue weighted by atomic mass is 10.1. The van der Waals surface area contributed by atoms with Gasteiger partial charge in [-0.1, -0.05) is 43.9 Å². The Balaban J connectivity index is 2.12. The smallest absolute Gasteiger partial charge is 0.305 e. The molecule has 0 aliphatic carbocycles. The molecule has 1 aliphatic rings. The normalized spacial score (nSPS) is 15.7. The predicted molar refractivity (Wildman–Crippen MR) is 110 cm³/mol. The van der Waals surface area contributed by atoms with E-state index in [0.29, 0.717) is 33.2 Å². The Morgan fingerprint density at radius 3 is 2.74 bits per heavy atom. The highest BCUT2D eigenvalue weighted by Crippen LogP contribution is 2.34. The number of thioether (sulfide) groups is 1. The molecule has 1 aromatic rings. The van der Waals surface area contributed by atoms with E-state index < -0.39 is 5.97 Å². The summed E-state index contributed by atoms with van der Waals surface area (Å²) in [7, 11) is 1.57. The molecule has 1 aromatic carbocycles. The molecule has 0 saturated carbocycles. The van der Waals surface area contributed by atoms with Crippen LogP contribution >= 0.6 is 24.0 Å². The number of carboxylic acid groups (broad SMARTS) is 1. The number of carbonyl (C=O) groups is 2. The first kappa shape index (κ1) is 21.2. The zero-order chi connectivity index (χ0) is 20.0. The van der Waals surface area contributed by atoms with Gasteiger partial charge in [0, 0.05) is 6.54 Å². The molecule has 1 amide bonds. The van der Waals surface area contributed by atoms with Crippen LogP contribution in [0.2, 0.25) is 0 Å². The fraction of sp³-hybridized carbons (Fsp3) is 0.421. The van der Waals surface area contributed by atoms with Crippen molar-refractivity contribution >= 4 is 46.3 Å². The van der Waals surface area contributed by atoms with Crippen molar-refractivity contribution in [1.29, 1.82) is 0 Å². The molecule has 0 atom stereocenters. The quantitative estimate of drug-likeness (QED) is 0.491. The number of ether oxygens (including phenoxy) is 2. The van der Waals surface area contributed by atoms with Gasteiger partial charge in [0.1, 0.15) is 4.32 Å². The Bertz CT molecular complexity index is 760. The second-order valence-corrected chi connectivity index (χ2v) is 8.09. The van der Waals surface area contributed by atoms with E-state index in [4.69, 9.17) is 26.8 Å². The zero-order valence-corrected chi connectivity index (χ0v) is 17.2. The van der Waals surface area contributed by atoms with Crippen molar-refractivity contribution in [2.45, 2.75) is 26.7 Å². The van der Waals surface area contributed by atoms with E-state index in [2.05, 4.69) is 13.8 Å². The monoisotopic (exact) mass is 409 g/mol. The van der Waals surface area contributed by atoms with E-state index in [-0.39, 0.29) is 18.9 Å². The molecule has 8 heteroatoms. The molecule has 1 saturated heterocycles. The highest BCUT2D eigenvalue weighted by molar-refractivity contribution is 8.26. The number of nitrogens with zero attached hydrogens (tertiary/aromatic N) is 1. The van der Waals surface area contributed by atoms with E-state index in [1.165, 1.54) is 16.7 Å². The lowest BCUT2D eigenvalue weighted by Crippen LogP contribution is -2.30. The van der Waals surface area contributed by atoms with Crippen molar-refractivity contribution in [3.05, 3.63) is 28.7 Å². The van der Waals surface area contributed by atoms with Crippen molar-refractivity contribution < 1.29 is 24.2 Å². The maximum absolute atomic E-state index is 12.5. The molecule has 1 fully saturated rings. The van der Waals surface area contributed by atoms with Gasteiger partial charge in [0.05, 0.1) is 25.0 Å². The summed E-state index contributed by atoms with van der Waals surface area (Å²) in [6.45, 7) is 4.95. The highest BCUT2D eigenvalue weighted by Gasteiger charge is 2.32. The second kappa shape index (κ2) is 9.75. The summed E-state index contributed by atoms with van der Waals surface area (Å²) >= 11 is 6.36. The van der Waals surface area contributed by atoms with Gasteiger partial charge in [-0.15, -0.1) is 0 Å². The number of hydrogen-bond acceptors (Lipinski definition) is 6. The molecular formula is C19H23NO5S2. The van der Waals surface area contributed by atoms with Gasteiger partial charge in [-0.05, 0) is 36.1 Å². The van der Waals surface area contributed by atoms with E-state index >= 15 is 0 Å². The molecule has 1 N–H and O–H groups in total. The molecule has 0 unspecified atom stereocenters. The largest absolute Gasteiger partial charge is 0.493 e. The number of rotatable bonds is 9. The Morgan fingerprint density at radius 1 is 1.37 bits per heavy atom. The molecule has 1 heterocycles. The van der Waals surface area contributed by atoms with Gasteiger partial charge in [-0.25, -0.2) is 0 Å². The number of carbonyl (C=O) groups excluding carboxylic acids is 1. The van der Waals surface area contributed by atoms with Crippen molar-refractivity contribution in [3.8, 4) is 11.5 Å². The van der Waals surface area contributed by atoms with Crippen LogP contribution in [0.25, 0.3) is 6.08 Å². The molecule has 0 radical (unpaired) electrons. The lowest BCUT2D eigenvalue weighted by Gasteiger charge is -2.13. The zero-order valence-electron chi connectivity index (χ0n) is 15.6. The summed E-state index contributed by atoms with van der Waals surface area (Å²) in [5.74, 6) is 0.560. The fourth-order valence-electron chi connectivity index (χ4n) is 2.35. The Morgan fingerprint density at radius 2 is 2.11 bits per heavy atom. The van der Waals surface area contributed by atoms with Crippen molar-refractivity contribution in [1.82, 2.24) is 4.90 Å². The van der Waals surface area contributed by atoms with Crippen LogP contribution in [0.5, 0.6) is 11.5 Å². The molecule has 6 nitrogen and oxygen atoms in total. The van der Waals surface area contributed by atoms with Gasteiger partial charge in [-0.2, -0.15) is 0 Å². The molecule has 146 valence electrons. The third-order valence-corrected chi connectivity index (χ3v) is 5.24. The fourth-order valence-corrected chi connectivity index (χ4v) is 3.66. The Kier molecular flexibility index (Phi) is 7.67. The maximum atomic E-state index is 12.5. The Labute approximate surface area is 168 Å². The van der Waals surface area contributed by atoms with E-state index in [1.54, 1.807) is 19.3 Å². The van der Waals surface area contributed by atoms with Crippen molar-refractivity contribution in [2.75, 3.05) is 20.3 Å². The van der Waals surface area contributed by atoms with Crippen LogP contribution in [-0.2, 0) is 9.59 Å². The average molecular weight is 410 g/mol. The average Bonchev–Trinajstić information content (AvgIpc) is 2.87. The summed E-state index contributed by atoms with van der Waals surface area (Å²) in [4.78, 5) is 25.0.